The maximum Gasteiger partial charge on any atom is 0.254 e. The lowest BCUT2D eigenvalue weighted by Crippen LogP contribution is -2.23. The monoisotopic (exact) mass is 384 g/mol. The second-order valence-corrected chi connectivity index (χ2v) is 7.08. The number of rotatable bonds is 6. The van der Waals surface area contributed by atoms with Crippen molar-refractivity contribution in [2.75, 3.05) is 7.11 Å². The summed E-state index contributed by atoms with van der Waals surface area (Å²) in [6, 6.07) is 26.1. The molecular weight excluding hydrogens is 360 g/mol. The molecular formula is C25H24N2O2. The third-order valence-electron chi connectivity index (χ3n) is 5.23. The van der Waals surface area contributed by atoms with Crippen LogP contribution in [0.15, 0.2) is 78.9 Å². The highest BCUT2D eigenvalue weighted by molar-refractivity contribution is 6.08. The Morgan fingerprint density at radius 1 is 0.931 bits per heavy atom. The summed E-state index contributed by atoms with van der Waals surface area (Å²) in [6.07, 6.45) is 0. The molecule has 0 saturated heterocycles. The van der Waals surface area contributed by atoms with Crippen LogP contribution < -0.4 is 10.1 Å². The molecule has 0 spiro atoms. The van der Waals surface area contributed by atoms with E-state index in [1.165, 1.54) is 5.56 Å². The van der Waals surface area contributed by atoms with Crippen LogP contribution in [0.5, 0.6) is 5.75 Å². The molecule has 0 atom stereocenters. The standard InChI is InChI=1S/C25H24N2O2/c1-18-24(25(28)26-16-20-11-8-12-21(15-20)29-2)22-13-6-7-14-23(22)27(18)17-19-9-4-3-5-10-19/h3-15H,16-17H2,1-2H3,(H,26,28). The normalized spacial score (nSPS) is 10.8. The number of hydrogen-bond donors (Lipinski definition) is 1. The Bertz CT molecular complexity index is 1150. The predicted molar refractivity (Wildman–Crippen MR) is 116 cm³/mol. The summed E-state index contributed by atoms with van der Waals surface area (Å²) in [7, 11) is 1.64. The Hall–Kier alpha value is -3.53. The maximum atomic E-state index is 13.1. The number of benzene rings is 3. The van der Waals surface area contributed by atoms with Gasteiger partial charge in [0.05, 0.1) is 12.7 Å². The average molecular weight is 384 g/mol. The number of ether oxygens (including phenoxy) is 1. The summed E-state index contributed by atoms with van der Waals surface area (Å²) in [4.78, 5) is 13.1. The molecule has 29 heavy (non-hydrogen) atoms. The van der Waals surface area contributed by atoms with Gasteiger partial charge in [-0.2, -0.15) is 0 Å². The lowest BCUT2D eigenvalue weighted by molar-refractivity contribution is 0.0951. The summed E-state index contributed by atoms with van der Waals surface area (Å²) < 4.78 is 7.48. The summed E-state index contributed by atoms with van der Waals surface area (Å²) in [5, 5.41) is 4.04. The zero-order chi connectivity index (χ0) is 20.2. The lowest BCUT2D eigenvalue weighted by atomic mass is 10.1. The van der Waals surface area contributed by atoms with Gasteiger partial charge >= 0.3 is 0 Å². The Balaban J connectivity index is 1.64. The van der Waals surface area contributed by atoms with Crippen molar-refractivity contribution in [3.8, 4) is 5.75 Å². The fourth-order valence-electron chi connectivity index (χ4n) is 3.74. The molecule has 0 aliphatic carbocycles. The number of nitrogens with zero attached hydrogens (tertiary/aromatic N) is 1. The smallest absolute Gasteiger partial charge is 0.254 e. The van der Waals surface area contributed by atoms with Crippen molar-refractivity contribution in [2.45, 2.75) is 20.0 Å². The number of carbonyl (C=O) groups excluding carboxylic acids is 1. The molecule has 4 heteroatoms. The van der Waals surface area contributed by atoms with Crippen LogP contribution in [0.1, 0.15) is 27.2 Å². The van der Waals surface area contributed by atoms with Gasteiger partial charge in [0.1, 0.15) is 5.75 Å². The van der Waals surface area contributed by atoms with Crippen LogP contribution >= 0.6 is 0 Å². The first-order valence-electron chi connectivity index (χ1n) is 9.70. The molecule has 3 aromatic carbocycles. The van der Waals surface area contributed by atoms with Crippen LogP contribution in [0.2, 0.25) is 0 Å². The molecule has 0 radical (unpaired) electrons. The summed E-state index contributed by atoms with van der Waals surface area (Å²) in [5.41, 5.74) is 4.99. The molecule has 0 bridgehead atoms. The van der Waals surface area contributed by atoms with Crippen molar-refractivity contribution in [2.24, 2.45) is 0 Å². The third kappa shape index (κ3) is 3.87. The fraction of sp³-hybridized carbons (Fsp3) is 0.160. The van der Waals surface area contributed by atoms with E-state index >= 15 is 0 Å². The molecule has 0 saturated carbocycles. The van der Waals surface area contributed by atoms with Crippen molar-refractivity contribution >= 4 is 16.8 Å². The minimum absolute atomic E-state index is 0.0617. The van der Waals surface area contributed by atoms with Gasteiger partial charge < -0.3 is 14.6 Å². The molecule has 4 rings (SSSR count). The SMILES string of the molecule is COc1cccc(CNC(=O)c2c(C)n(Cc3ccccc3)c3ccccc23)c1. The van der Waals surface area contributed by atoms with Crippen LogP contribution in [0.25, 0.3) is 10.9 Å². The van der Waals surface area contributed by atoms with Crippen molar-refractivity contribution in [3.05, 3.63) is 101 Å². The molecule has 0 aliphatic rings. The molecule has 0 aliphatic heterocycles. The van der Waals surface area contributed by atoms with E-state index in [0.717, 1.165) is 40.0 Å². The molecule has 1 N–H and O–H groups in total. The van der Waals surface area contributed by atoms with Gasteiger partial charge in [-0.3, -0.25) is 4.79 Å². The molecule has 1 aromatic heterocycles. The number of amides is 1. The molecule has 4 nitrogen and oxygen atoms in total. The van der Waals surface area contributed by atoms with Crippen LogP contribution in [-0.2, 0) is 13.1 Å². The molecule has 146 valence electrons. The van der Waals surface area contributed by atoms with Crippen molar-refractivity contribution in [1.82, 2.24) is 9.88 Å². The van der Waals surface area contributed by atoms with E-state index in [2.05, 4.69) is 28.1 Å². The molecule has 0 unspecified atom stereocenters. The average Bonchev–Trinajstić information content (AvgIpc) is 3.04. The third-order valence-corrected chi connectivity index (χ3v) is 5.23. The Labute approximate surface area is 170 Å². The number of carbonyl (C=O) groups is 1. The van der Waals surface area contributed by atoms with E-state index < -0.39 is 0 Å². The van der Waals surface area contributed by atoms with E-state index in [9.17, 15) is 4.79 Å². The summed E-state index contributed by atoms with van der Waals surface area (Å²) in [6.45, 7) is 3.20. The number of aromatic nitrogens is 1. The van der Waals surface area contributed by atoms with Crippen LogP contribution in [0.4, 0.5) is 0 Å². The first-order valence-corrected chi connectivity index (χ1v) is 9.70. The highest BCUT2D eigenvalue weighted by atomic mass is 16.5. The van der Waals surface area contributed by atoms with E-state index in [1.807, 2.05) is 67.6 Å². The number of methoxy groups -OCH3 is 1. The number of hydrogen-bond acceptors (Lipinski definition) is 2. The highest BCUT2D eigenvalue weighted by Gasteiger charge is 2.19. The second-order valence-electron chi connectivity index (χ2n) is 7.08. The van der Waals surface area contributed by atoms with Crippen molar-refractivity contribution in [1.29, 1.82) is 0 Å². The second kappa shape index (κ2) is 8.23. The van der Waals surface area contributed by atoms with Gasteiger partial charge in [-0.05, 0) is 36.2 Å². The van der Waals surface area contributed by atoms with Crippen molar-refractivity contribution < 1.29 is 9.53 Å². The zero-order valence-electron chi connectivity index (χ0n) is 16.7. The van der Waals surface area contributed by atoms with Crippen LogP contribution in [-0.4, -0.2) is 17.6 Å². The molecule has 0 fully saturated rings. The molecule has 1 amide bonds. The van der Waals surface area contributed by atoms with Gasteiger partial charge in [0.25, 0.3) is 5.91 Å². The Kier molecular flexibility index (Phi) is 5.34. The van der Waals surface area contributed by atoms with Gasteiger partial charge in [0, 0.05) is 29.7 Å². The zero-order valence-corrected chi connectivity index (χ0v) is 16.7. The largest absolute Gasteiger partial charge is 0.497 e. The minimum Gasteiger partial charge on any atom is -0.497 e. The van der Waals surface area contributed by atoms with E-state index in [1.54, 1.807) is 7.11 Å². The number of para-hydroxylation sites is 1. The first kappa shape index (κ1) is 18.8. The fourth-order valence-corrected chi connectivity index (χ4v) is 3.74. The highest BCUT2D eigenvalue weighted by Crippen LogP contribution is 2.27. The van der Waals surface area contributed by atoms with E-state index in [-0.39, 0.29) is 5.91 Å². The van der Waals surface area contributed by atoms with E-state index in [0.29, 0.717) is 6.54 Å². The van der Waals surface area contributed by atoms with E-state index in [4.69, 9.17) is 4.74 Å². The maximum absolute atomic E-state index is 13.1. The number of fused-ring (bicyclic) bond motifs is 1. The first-order chi connectivity index (χ1) is 14.2. The quantitative estimate of drug-likeness (QED) is 0.512. The van der Waals surface area contributed by atoms with Gasteiger partial charge in [-0.15, -0.1) is 0 Å². The molecule has 4 aromatic rings. The minimum atomic E-state index is -0.0617. The van der Waals surface area contributed by atoms with Crippen LogP contribution in [0.3, 0.4) is 0 Å². The van der Waals surface area contributed by atoms with Gasteiger partial charge in [-0.25, -0.2) is 0 Å². The molecule has 1 heterocycles. The Morgan fingerprint density at radius 3 is 2.45 bits per heavy atom. The van der Waals surface area contributed by atoms with Gasteiger partial charge in [0.15, 0.2) is 0 Å². The summed E-state index contributed by atoms with van der Waals surface area (Å²) in [5.74, 6) is 0.723. The Morgan fingerprint density at radius 2 is 1.66 bits per heavy atom. The number of nitrogens with one attached hydrogen (secondary N) is 1. The topological polar surface area (TPSA) is 43.3 Å². The van der Waals surface area contributed by atoms with Gasteiger partial charge in [-0.1, -0.05) is 60.7 Å². The predicted octanol–water partition coefficient (Wildman–Crippen LogP) is 4.94. The van der Waals surface area contributed by atoms with Crippen molar-refractivity contribution in [3.63, 3.8) is 0 Å². The van der Waals surface area contributed by atoms with Gasteiger partial charge in [0.2, 0.25) is 0 Å². The summed E-state index contributed by atoms with van der Waals surface area (Å²) >= 11 is 0. The lowest BCUT2D eigenvalue weighted by Gasteiger charge is -2.10. The van der Waals surface area contributed by atoms with Crippen LogP contribution in [0, 0.1) is 6.92 Å².